The van der Waals surface area contributed by atoms with E-state index < -0.39 is 91.7 Å². The molecule has 0 bridgehead atoms. The highest BCUT2D eigenvalue weighted by Gasteiger charge is 2.63. The van der Waals surface area contributed by atoms with E-state index in [9.17, 15) is 69.1 Å². The maximum absolute atomic E-state index is 14.3. The van der Waals surface area contributed by atoms with Gasteiger partial charge in [0.2, 0.25) is 17.7 Å². The number of carbonyl (C=O) groups is 8. The predicted octanol–water partition coefficient (Wildman–Crippen LogP) is 7.73. The van der Waals surface area contributed by atoms with E-state index in [2.05, 4.69) is 9.32 Å². The fourth-order valence-electron chi connectivity index (χ4n) is 13.5. The number of hydrogen-bond donors (Lipinski definition) is 3. The molecule has 4 N–H and O–H groups in total. The van der Waals surface area contributed by atoms with Gasteiger partial charge in [0.05, 0.1) is 61.3 Å². The lowest BCUT2D eigenvalue weighted by molar-refractivity contribution is -0.147. The van der Waals surface area contributed by atoms with Crippen molar-refractivity contribution in [1.82, 2.24) is 24.3 Å². The van der Waals surface area contributed by atoms with Crippen LogP contribution in [0.2, 0.25) is 0 Å². The van der Waals surface area contributed by atoms with E-state index in [-0.39, 0.29) is 124 Å². The number of carboxylic acid groups (broad SMARTS) is 1. The van der Waals surface area contributed by atoms with Crippen LogP contribution in [0.4, 0.5) is 18.4 Å². The van der Waals surface area contributed by atoms with Crippen molar-refractivity contribution in [3.8, 4) is 0 Å². The van der Waals surface area contributed by atoms with Gasteiger partial charge in [-0.25, -0.2) is 28.2 Å². The van der Waals surface area contributed by atoms with Gasteiger partial charge in [-0.3, -0.25) is 46.9 Å². The number of nitrogens with one attached hydrogen (secondary N) is 1. The Morgan fingerprint density at radius 1 is 0.593 bits per heavy atom. The normalized spacial score (nSPS) is 30.9. The zero-order valence-electron chi connectivity index (χ0n) is 51.3. The number of ketones is 2. The highest BCUT2D eigenvalue weighted by molar-refractivity contribution is 7.85. The van der Waals surface area contributed by atoms with Crippen molar-refractivity contribution in [1.29, 1.82) is 0 Å². The maximum Gasteiger partial charge on any atom is 0.410 e. The molecule has 23 nitrogen and oxygen atoms in total. The molecule has 2 aromatic carbocycles. The summed E-state index contributed by atoms with van der Waals surface area (Å²) in [5, 5.41) is 14.5. The molecule has 6 fully saturated rings. The third-order valence-electron chi connectivity index (χ3n) is 19.3. The van der Waals surface area contributed by atoms with E-state index in [1.807, 2.05) is 42.9 Å². The Morgan fingerprint density at radius 2 is 1.03 bits per heavy atom. The van der Waals surface area contributed by atoms with E-state index in [4.69, 9.17) is 13.7 Å². The van der Waals surface area contributed by atoms with Crippen LogP contribution in [0.25, 0.3) is 0 Å². The summed E-state index contributed by atoms with van der Waals surface area (Å²) in [6.07, 6.45) is 16.3. The molecule has 0 spiro atoms. The van der Waals surface area contributed by atoms with Crippen molar-refractivity contribution in [3.63, 3.8) is 0 Å². The first-order chi connectivity index (χ1) is 43.2. The summed E-state index contributed by atoms with van der Waals surface area (Å²) in [6.45, 7) is 4.38. The van der Waals surface area contributed by atoms with Crippen LogP contribution in [0.15, 0.2) is 60.7 Å². The molecule has 10 aliphatic rings. The lowest BCUT2D eigenvalue weighted by Crippen LogP contribution is -2.45. The number of hydrogen-bond acceptors (Lipinski definition) is 16. The number of aliphatic carboxylic acids is 1. The first-order valence-electron chi connectivity index (χ1n) is 31.9. The molecule has 6 heterocycles. The third-order valence-corrected chi connectivity index (χ3v) is 20.8. The monoisotopic (exact) mass is 1310 g/mol. The fraction of sp³-hybridized carbons (Fsp3) is 0.625. The number of benzene rings is 2. The Bertz CT molecular complexity index is 3450. The van der Waals surface area contributed by atoms with E-state index >= 15 is 0 Å². The number of ether oxygens (including phenoxy) is 2. The quantitative estimate of drug-likeness (QED) is 0.202. The number of carboxylic acids is 1. The largest absolute Gasteiger partial charge is 0.481 e. The highest BCUT2D eigenvalue weighted by atomic mass is 32.2. The molecule has 5 amide bonds. The van der Waals surface area contributed by atoms with Crippen LogP contribution >= 0.6 is 0 Å². The number of rotatable bonds is 9. The number of Topliss-reactive ketones (excluding diaryl/α,β-unsaturated/α-hetero) is 2. The summed E-state index contributed by atoms with van der Waals surface area (Å²) in [4.78, 5) is 112. The number of halogens is 2. The van der Waals surface area contributed by atoms with Crippen molar-refractivity contribution < 1.29 is 86.9 Å². The second-order valence-electron chi connectivity index (χ2n) is 26.4. The van der Waals surface area contributed by atoms with Gasteiger partial charge < -0.3 is 24.4 Å². The first-order valence-corrected chi connectivity index (χ1v) is 34.7. The Kier molecular flexibility index (Phi) is 20.6. The average Bonchev–Trinajstić information content (AvgIpc) is 1.59. The molecular formula is C64H82F2N6O17S2. The fourth-order valence-corrected chi connectivity index (χ4v) is 15.1. The van der Waals surface area contributed by atoms with Crippen molar-refractivity contribution in [3.05, 3.63) is 94.6 Å². The minimum Gasteiger partial charge on any atom is -0.481 e. The van der Waals surface area contributed by atoms with Gasteiger partial charge in [-0.15, -0.1) is 0 Å². The van der Waals surface area contributed by atoms with Crippen LogP contribution in [0, 0.1) is 46.1 Å². The van der Waals surface area contributed by atoms with E-state index in [1.54, 1.807) is 24.3 Å². The molecule has 6 aliphatic heterocycles. The SMILES string of the molecule is C[C@H]1CCCCC/C=C\[C@@H]2C[C@@]2(C(=O)NS(=O)(=O)OC2CC2)CC(=O)[C@@H]2C[C@@H](OC(=O)N3Cc4cccc(F)c4C3)CN2C1=O.C[C@H]1CCCCC/C=C\[C@@H]2C[C@@]2(C(=O)O)CC(=O)[C@@H]2C[C@@H](OC(=O)N3Cc4cccc(F)c4C3)CN2C1=O.NS(=O)(=O)OC1CC1. The smallest absolute Gasteiger partial charge is 0.410 e. The van der Waals surface area contributed by atoms with Crippen molar-refractivity contribution >= 4 is 68.1 Å². The van der Waals surface area contributed by atoms with Gasteiger partial charge in [0.15, 0.2) is 11.6 Å². The Morgan fingerprint density at radius 3 is 1.46 bits per heavy atom. The summed E-state index contributed by atoms with van der Waals surface area (Å²) < 4.78 is 96.4. The molecule has 4 saturated carbocycles. The number of allylic oxidation sites excluding steroid dienone is 4. The summed E-state index contributed by atoms with van der Waals surface area (Å²) in [5.74, 6) is -4.78. The van der Waals surface area contributed by atoms with Gasteiger partial charge in [0.25, 0.3) is 0 Å². The minimum atomic E-state index is -4.33. The third kappa shape index (κ3) is 16.6. The molecule has 2 saturated heterocycles. The molecule has 10 atom stereocenters. The van der Waals surface area contributed by atoms with Crippen LogP contribution in [-0.2, 0) is 93.4 Å². The van der Waals surface area contributed by atoms with Crippen LogP contribution in [0.1, 0.15) is 165 Å². The zero-order chi connectivity index (χ0) is 65.2. The molecule has 12 rings (SSSR count). The maximum atomic E-state index is 14.3. The molecule has 27 heteroatoms. The van der Waals surface area contributed by atoms with Crippen LogP contribution < -0.4 is 9.86 Å². The van der Waals surface area contributed by atoms with E-state index in [0.717, 1.165) is 69.8 Å². The lowest BCUT2D eigenvalue weighted by atomic mass is 9.91. The molecule has 0 aromatic heterocycles. The average molecular weight is 1310 g/mol. The summed E-state index contributed by atoms with van der Waals surface area (Å²) in [7, 11) is -7.99. The van der Waals surface area contributed by atoms with E-state index in [0.29, 0.717) is 55.2 Å². The molecular weight excluding hydrogens is 1230 g/mol. The highest BCUT2D eigenvalue weighted by Crippen LogP contribution is 2.58. The first kappa shape index (κ1) is 67.2. The molecule has 2 aromatic rings. The lowest BCUT2D eigenvalue weighted by Gasteiger charge is -2.27. The number of nitrogens with two attached hydrogens (primary N) is 1. The van der Waals surface area contributed by atoms with Crippen LogP contribution in [0.3, 0.4) is 0 Å². The van der Waals surface area contributed by atoms with Gasteiger partial charge in [-0.2, -0.15) is 16.8 Å². The van der Waals surface area contributed by atoms with Gasteiger partial charge in [-0.05, 0) is 112 Å². The Labute approximate surface area is 529 Å². The second-order valence-corrected chi connectivity index (χ2v) is 28.9. The van der Waals surface area contributed by atoms with Crippen LogP contribution in [0.5, 0.6) is 0 Å². The molecule has 4 aliphatic carbocycles. The Hall–Kier alpha value is -6.68. The zero-order valence-corrected chi connectivity index (χ0v) is 53.0. The summed E-state index contributed by atoms with van der Waals surface area (Å²) in [5.41, 5.74) is -0.0788. The van der Waals surface area contributed by atoms with Gasteiger partial charge >= 0.3 is 38.8 Å². The van der Waals surface area contributed by atoms with Gasteiger partial charge in [-0.1, -0.05) is 88.1 Å². The second kappa shape index (κ2) is 27.9. The summed E-state index contributed by atoms with van der Waals surface area (Å²) in [6, 6.07) is 7.66. The molecule has 0 radical (unpaired) electrons. The minimum absolute atomic E-state index is 0.0204. The van der Waals surface area contributed by atoms with Crippen LogP contribution in [-0.4, -0.2) is 139 Å². The number of amides is 5. The standard InChI is InChI=1S/C32H40FN3O8S.C29H35FN2O6.C3H7NO3S/c1-20-8-5-3-2-4-6-10-22-15-32(22,30(39)34-45(41,42)44-23-12-13-23)16-28(37)27-14-24(18-36(27)29(20)38)43-31(40)35-17-21-9-7-11-26(33)25(21)19-35;1-18-8-5-3-2-4-6-10-20-13-29(20,27(35)36)14-25(33)24-12-21(16-32(24)26(18)34)38-28(37)31-15-19-9-7-11-23(30)22(19)17-31;4-8(5,6)7-3-1-2-3/h6-7,9-11,20,22-24,27H,2-5,8,12-19H2,1H3,(H,34,39);6-7,9-11,18,20-21,24H,2-5,8,12-17H2,1H3,(H,35,36);3H,1-2H2,(H2,4,5,6)/b2*10-6-;/t20-,22+,24+,27-,32+;18-,20+,21+,24-,29+;/m00./s1. The topological polar surface area (TPSA) is 313 Å². The predicted molar refractivity (Wildman–Crippen MR) is 321 cm³/mol. The molecule has 496 valence electrons. The molecule has 0 unspecified atom stereocenters. The molecule has 91 heavy (non-hydrogen) atoms. The Balaban J connectivity index is 0.000000180. The summed E-state index contributed by atoms with van der Waals surface area (Å²) >= 11 is 0. The van der Waals surface area contributed by atoms with Gasteiger partial charge in [0, 0.05) is 61.7 Å². The number of fused-ring (bicyclic) bond motifs is 6. The van der Waals surface area contributed by atoms with E-state index in [1.165, 1.54) is 31.7 Å². The number of nitrogens with zero attached hydrogens (tertiary/aromatic N) is 4. The van der Waals surface area contributed by atoms with Gasteiger partial charge in [0.1, 0.15) is 23.8 Å². The van der Waals surface area contributed by atoms with Crippen molar-refractivity contribution in [2.45, 2.75) is 205 Å². The van der Waals surface area contributed by atoms with Crippen molar-refractivity contribution in [2.75, 3.05) is 13.1 Å². The van der Waals surface area contributed by atoms with Crippen molar-refractivity contribution in [2.24, 2.45) is 39.6 Å². The number of carbonyl (C=O) groups excluding carboxylic acids is 7.